The van der Waals surface area contributed by atoms with Crippen molar-refractivity contribution in [1.29, 1.82) is 0 Å². The van der Waals surface area contributed by atoms with E-state index in [4.69, 9.17) is 5.73 Å². The minimum Gasteiger partial charge on any atom is -0.352 e. The van der Waals surface area contributed by atoms with E-state index < -0.39 is 0 Å². The van der Waals surface area contributed by atoms with Gasteiger partial charge in [0, 0.05) is 29.9 Å². The predicted molar refractivity (Wildman–Crippen MR) is 72.6 cm³/mol. The third-order valence-electron chi connectivity index (χ3n) is 2.93. The van der Waals surface area contributed by atoms with Gasteiger partial charge < -0.3 is 11.1 Å². The molecule has 3 N–H and O–H groups in total. The highest BCUT2D eigenvalue weighted by molar-refractivity contribution is 5.76. The second kappa shape index (κ2) is 5.79. The Balaban J connectivity index is 2.11. The summed E-state index contributed by atoms with van der Waals surface area (Å²) in [5.74, 6) is 0.00850. The van der Waals surface area contributed by atoms with Crippen LogP contribution in [0, 0.1) is 13.8 Å². The smallest absolute Gasteiger partial charge is 0.220 e. The van der Waals surface area contributed by atoms with Crippen LogP contribution >= 0.6 is 0 Å². The van der Waals surface area contributed by atoms with E-state index in [0.29, 0.717) is 25.9 Å². The van der Waals surface area contributed by atoms with Crippen LogP contribution in [0.3, 0.4) is 0 Å². The van der Waals surface area contributed by atoms with Crippen molar-refractivity contribution in [1.82, 2.24) is 19.9 Å². The van der Waals surface area contributed by atoms with Crippen molar-refractivity contribution >= 4 is 11.6 Å². The van der Waals surface area contributed by atoms with E-state index in [-0.39, 0.29) is 5.91 Å². The van der Waals surface area contributed by atoms with Crippen LogP contribution in [0.4, 0.5) is 0 Å². The molecule has 1 amide bonds. The van der Waals surface area contributed by atoms with Gasteiger partial charge >= 0.3 is 0 Å². The molecule has 0 fully saturated rings. The topological polar surface area (TPSA) is 85.3 Å². The van der Waals surface area contributed by atoms with Crippen LogP contribution in [-0.2, 0) is 11.3 Å². The van der Waals surface area contributed by atoms with E-state index in [9.17, 15) is 4.79 Å². The fraction of sp³-hybridized carbons (Fsp3) is 0.462. The number of amides is 1. The molecule has 0 aliphatic rings. The van der Waals surface area contributed by atoms with Crippen LogP contribution in [0.25, 0.3) is 5.65 Å². The van der Waals surface area contributed by atoms with Crippen LogP contribution in [0.15, 0.2) is 12.3 Å². The molecule has 0 unspecified atom stereocenters. The van der Waals surface area contributed by atoms with Crippen LogP contribution < -0.4 is 11.1 Å². The maximum absolute atomic E-state index is 11.6. The number of rotatable bonds is 5. The van der Waals surface area contributed by atoms with Crippen molar-refractivity contribution in [3.63, 3.8) is 0 Å². The third kappa shape index (κ3) is 3.08. The first-order chi connectivity index (χ1) is 9.11. The molecule has 102 valence electrons. The minimum absolute atomic E-state index is 0.00850. The largest absolute Gasteiger partial charge is 0.352 e. The van der Waals surface area contributed by atoms with Gasteiger partial charge in [-0.25, -0.2) is 9.50 Å². The van der Waals surface area contributed by atoms with Crippen molar-refractivity contribution < 1.29 is 4.79 Å². The molecule has 2 heterocycles. The van der Waals surface area contributed by atoms with Crippen molar-refractivity contribution in [3.8, 4) is 0 Å². The van der Waals surface area contributed by atoms with Crippen LogP contribution in [0.5, 0.6) is 0 Å². The molecule has 6 heteroatoms. The van der Waals surface area contributed by atoms with Gasteiger partial charge in [-0.2, -0.15) is 5.10 Å². The average Bonchev–Trinajstić information content (AvgIpc) is 2.77. The Kier molecular flexibility index (Phi) is 4.11. The molecule has 0 radical (unpaired) electrons. The Morgan fingerprint density at radius 2 is 2.26 bits per heavy atom. The Hall–Kier alpha value is -1.95. The molecule has 2 rings (SSSR count). The van der Waals surface area contributed by atoms with Gasteiger partial charge in [0.05, 0.1) is 6.20 Å². The number of aromatic nitrogens is 3. The second-order valence-electron chi connectivity index (χ2n) is 4.61. The number of hydrogen-bond donors (Lipinski definition) is 2. The molecule has 0 saturated carbocycles. The first-order valence-corrected chi connectivity index (χ1v) is 6.39. The molecular weight excluding hydrogens is 242 g/mol. The van der Waals surface area contributed by atoms with Crippen LogP contribution in [0.1, 0.15) is 29.8 Å². The zero-order valence-electron chi connectivity index (χ0n) is 11.3. The Labute approximate surface area is 112 Å². The summed E-state index contributed by atoms with van der Waals surface area (Å²) in [5.41, 5.74) is 9.07. The van der Waals surface area contributed by atoms with E-state index in [1.54, 1.807) is 10.7 Å². The van der Waals surface area contributed by atoms with Gasteiger partial charge in [-0.1, -0.05) is 0 Å². The summed E-state index contributed by atoms with van der Waals surface area (Å²) in [6, 6.07) is 1.98. The third-order valence-corrected chi connectivity index (χ3v) is 2.93. The molecule has 0 aliphatic carbocycles. The van der Waals surface area contributed by atoms with Gasteiger partial charge in [-0.05, 0) is 32.9 Å². The first kappa shape index (κ1) is 13.5. The highest BCUT2D eigenvalue weighted by atomic mass is 16.1. The van der Waals surface area contributed by atoms with E-state index in [0.717, 1.165) is 22.6 Å². The van der Waals surface area contributed by atoms with Gasteiger partial charge in [0.15, 0.2) is 5.65 Å². The molecule has 0 atom stereocenters. The number of hydrogen-bond acceptors (Lipinski definition) is 4. The lowest BCUT2D eigenvalue weighted by atomic mass is 10.2. The van der Waals surface area contributed by atoms with Crippen LogP contribution in [0.2, 0.25) is 0 Å². The lowest BCUT2D eigenvalue weighted by Gasteiger charge is -2.04. The Morgan fingerprint density at radius 3 is 3.00 bits per heavy atom. The number of carbonyl (C=O) groups excluding carboxylic acids is 1. The summed E-state index contributed by atoms with van der Waals surface area (Å²) in [7, 11) is 0. The van der Waals surface area contributed by atoms with Gasteiger partial charge in [-0.3, -0.25) is 4.79 Å². The van der Waals surface area contributed by atoms with Crippen molar-refractivity contribution in [2.45, 2.75) is 33.2 Å². The molecular formula is C13H19N5O. The number of carbonyl (C=O) groups is 1. The normalized spacial score (nSPS) is 10.9. The second-order valence-corrected chi connectivity index (χ2v) is 4.61. The maximum atomic E-state index is 11.6. The molecule has 0 bridgehead atoms. The zero-order chi connectivity index (χ0) is 13.8. The lowest BCUT2D eigenvalue weighted by Crippen LogP contribution is -2.23. The van der Waals surface area contributed by atoms with Gasteiger partial charge in [0.2, 0.25) is 5.91 Å². The molecule has 2 aromatic rings. The van der Waals surface area contributed by atoms with Crippen molar-refractivity contribution in [2.24, 2.45) is 5.73 Å². The molecule has 0 aromatic carbocycles. The maximum Gasteiger partial charge on any atom is 0.220 e. The Morgan fingerprint density at radius 1 is 1.47 bits per heavy atom. The highest BCUT2D eigenvalue weighted by Gasteiger charge is 2.09. The molecule has 0 saturated heterocycles. The summed E-state index contributed by atoms with van der Waals surface area (Å²) in [6.07, 6.45) is 2.91. The first-order valence-electron chi connectivity index (χ1n) is 6.39. The van der Waals surface area contributed by atoms with E-state index >= 15 is 0 Å². The number of nitrogens with two attached hydrogens (primary N) is 1. The van der Waals surface area contributed by atoms with Crippen LogP contribution in [-0.4, -0.2) is 27.0 Å². The summed E-state index contributed by atoms with van der Waals surface area (Å²) in [5, 5.41) is 7.15. The number of nitrogens with zero attached hydrogens (tertiary/aromatic N) is 3. The number of fused-ring (bicyclic) bond motifs is 1. The summed E-state index contributed by atoms with van der Waals surface area (Å²) in [6.45, 7) is 4.91. The molecule has 0 spiro atoms. The fourth-order valence-electron chi connectivity index (χ4n) is 1.99. The quantitative estimate of drug-likeness (QED) is 0.829. The molecule has 6 nitrogen and oxygen atoms in total. The Bertz CT molecular complexity index is 590. The van der Waals surface area contributed by atoms with E-state index in [1.807, 2.05) is 19.9 Å². The fourth-order valence-corrected chi connectivity index (χ4v) is 1.99. The molecule has 19 heavy (non-hydrogen) atoms. The van der Waals surface area contributed by atoms with Crippen molar-refractivity contribution in [2.75, 3.05) is 6.54 Å². The highest BCUT2D eigenvalue weighted by Crippen LogP contribution is 2.11. The van der Waals surface area contributed by atoms with Crippen molar-refractivity contribution in [3.05, 3.63) is 29.2 Å². The SMILES string of the molecule is Cc1cc(C)n2ncc(CNC(=O)CCCN)c2n1. The van der Waals surface area contributed by atoms with Gasteiger partial charge in [-0.15, -0.1) is 0 Å². The zero-order valence-corrected chi connectivity index (χ0v) is 11.3. The standard InChI is InChI=1S/C13H19N5O/c1-9-6-10(2)18-13(17-9)11(8-16-18)7-15-12(19)4-3-5-14/h6,8H,3-5,7,14H2,1-2H3,(H,15,19). The van der Waals surface area contributed by atoms with E-state index in [2.05, 4.69) is 15.4 Å². The summed E-state index contributed by atoms with van der Waals surface area (Å²) in [4.78, 5) is 16.0. The molecule has 0 aliphatic heterocycles. The van der Waals surface area contributed by atoms with Gasteiger partial charge in [0.1, 0.15) is 0 Å². The number of aryl methyl sites for hydroxylation is 2. The summed E-state index contributed by atoms with van der Waals surface area (Å²) >= 11 is 0. The number of nitrogens with one attached hydrogen (secondary N) is 1. The summed E-state index contributed by atoms with van der Waals surface area (Å²) < 4.78 is 1.79. The average molecular weight is 261 g/mol. The monoisotopic (exact) mass is 261 g/mol. The van der Waals surface area contributed by atoms with E-state index in [1.165, 1.54) is 0 Å². The predicted octanol–water partition coefficient (Wildman–Crippen LogP) is 0.701. The van der Waals surface area contributed by atoms with Gasteiger partial charge in [0.25, 0.3) is 0 Å². The minimum atomic E-state index is 0.00850. The lowest BCUT2D eigenvalue weighted by molar-refractivity contribution is -0.121. The molecule has 2 aromatic heterocycles.